The molecule has 2 fully saturated rings. The average molecular weight is 456 g/mol. The number of nitrogens with zero attached hydrogens (tertiary/aromatic N) is 3. The lowest BCUT2D eigenvalue weighted by molar-refractivity contribution is 0.106. The highest BCUT2D eigenvalue weighted by molar-refractivity contribution is 5.93. The number of urea groups is 1. The minimum absolute atomic E-state index is 0.0283. The summed E-state index contributed by atoms with van der Waals surface area (Å²) in [5, 5.41) is 7.74. The van der Waals surface area contributed by atoms with E-state index in [-0.39, 0.29) is 6.03 Å². The number of anilines is 2. The first-order valence-electron chi connectivity index (χ1n) is 12.6. The second kappa shape index (κ2) is 8.58. The maximum atomic E-state index is 13.0. The summed E-state index contributed by atoms with van der Waals surface area (Å²) in [6.07, 6.45) is 6.86. The van der Waals surface area contributed by atoms with E-state index in [2.05, 4.69) is 52.9 Å². The predicted molar refractivity (Wildman–Crippen MR) is 137 cm³/mol. The van der Waals surface area contributed by atoms with Crippen molar-refractivity contribution >= 4 is 28.4 Å². The number of carbonyl (C=O) groups is 1. The van der Waals surface area contributed by atoms with Crippen molar-refractivity contribution < 1.29 is 4.79 Å². The van der Waals surface area contributed by atoms with Gasteiger partial charge >= 0.3 is 6.03 Å². The van der Waals surface area contributed by atoms with Gasteiger partial charge < -0.3 is 20.4 Å². The van der Waals surface area contributed by atoms with E-state index < -0.39 is 0 Å². The molecule has 3 aromatic rings. The van der Waals surface area contributed by atoms with Crippen molar-refractivity contribution in [3.05, 3.63) is 65.7 Å². The molecule has 3 aliphatic rings. The number of piperidine rings is 1. The standard InChI is InChI=1S/C28H33N5O/c1-32-21-10-11-22(32)17-23(16-21)33(2)28(34)29-20-9-13-25-19(15-20)8-14-27(30-25)31-26-12-7-18-5-3-4-6-24(18)26/h3-6,8-9,13-15,21-23,26H,7,10-12,16-17H2,1-2H3,(H,29,34)(H,30,31)/t21-,22+,23?,26-/m1/s1. The molecule has 0 saturated carbocycles. The molecule has 2 aliphatic heterocycles. The van der Waals surface area contributed by atoms with Crippen molar-refractivity contribution in [3.8, 4) is 0 Å². The van der Waals surface area contributed by atoms with Crippen molar-refractivity contribution in [2.75, 3.05) is 24.7 Å². The van der Waals surface area contributed by atoms with Gasteiger partial charge in [0.1, 0.15) is 5.82 Å². The lowest BCUT2D eigenvalue weighted by Gasteiger charge is -2.40. The molecule has 6 rings (SSSR count). The van der Waals surface area contributed by atoms with Crippen LogP contribution in [0.25, 0.3) is 10.9 Å². The van der Waals surface area contributed by atoms with Crippen LogP contribution < -0.4 is 10.6 Å². The molecule has 2 bridgehead atoms. The first-order valence-corrected chi connectivity index (χ1v) is 12.6. The summed E-state index contributed by atoms with van der Waals surface area (Å²) in [4.78, 5) is 22.2. The Labute approximate surface area is 201 Å². The van der Waals surface area contributed by atoms with E-state index in [1.54, 1.807) is 0 Å². The van der Waals surface area contributed by atoms with Gasteiger partial charge in [0, 0.05) is 36.2 Å². The molecule has 0 radical (unpaired) electrons. The zero-order valence-corrected chi connectivity index (χ0v) is 20.0. The van der Waals surface area contributed by atoms with Crippen LogP contribution in [0.15, 0.2) is 54.6 Å². The Morgan fingerprint density at radius 2 is 1.82 bits per heavy atom. The molecule has 1 aliphatic carbocycles. The van der Waals surface area contributed by atoms with E-state index in [4.69, 9.17) is 4.98 Å². The highest BCUT2D eigenvalue weighted by atomic mass is 16.2. The molecule has 2 amide bonds. The van der Waals surface area contributed by atoms with Crippen LogP contribution in [0.1, 0.15) is 49.3 Å². The minimum Gasteiger partial charge on any atom is -0.363 e. The van der Waals surface area contributed by atoms with Crippen LogP contribution >= 0.6 is 0 Å². The Kier molecular flexibility index (Phi) is 5.41. The fraction of sp³-hybridized carbons (Fsp3) is 0.429. The van der Waals surface area contributed by atoms with Gasteiger partial charge in [0.2, 0.25) is 0 Å². The fourth-order valence-corrected chi connectivity index (χ4v) is 6.25. The van der Waals surface area contributed by atoms with Crippen LogP contribution in [0.2, 0.25) is 0 Å². The average Bonchev–Trinajstić information content (AvgIpc) is 3.32. The van der Waals surface area contributed by atoms with E-state index in [0.717, 1.165) is 48.1 Å². The highest BCUT2D eigenvalue weighted by Crippen LogP contribution is 2.36. The summed E-state index contributed by atoms with van der Waals surface area (Å²) in [6.45, 7) is 0. The normalized spacial score (nSPS) is 25.8. The number of aryl methyl sites for hydroxylation is 1. The number of amides is 2. The first-order chi connectivity index (χ1) is 16.5. The van der Waals surface area contributed by atoms with Gasteiger partial charge in [-0.1, -0.05) is 24.3 Å². The zero-order valence-electron chi connectivity index (χ0n) is 20.0. The number of rotatable bonds is 4. The van der Waals surface area contributed by atoms with Gasteiger partial charge in [-0.2, -0.15) is 0 Å². The Morgan fingerprint density at radius 3 is 2.65 bits per heavy atom. The molecular weight excluding hydrogens is 422 g/mol. The van der Waals surface area contributed by atoms with Gasteiger partial charge in [-0.25, -0.2) is 9.78 Å². The SMILES string of the molecule is CN(C(=O)Nc1ccc2nc(N[C@@H]3CCc4ccccc43)ccc2c1)C1C[C@H]2CC[C@@H](C1)N2C. The van der Waals surface area contributed by atoms with E-state index in [9.17, 15) is 4.79 Å². The number of carbonyl (C=O) groups excluding carboxylic acids is 1. The van der Waals surface area contributed by atoms with Gasteiger partial charge in [-0.3, -0.25) is 0 Å². The minimum atomic E-state index is -0.0283. The number of pyridine rings is 1. The highest BCUT2D eigenvalue weighted by Gasteiger charge is 2.40. The van der Waals surface area contributed by atoms with Crippen LogP contribution in [0, 0.1) is 0 Å². The quantitative estimate of drug-likeness (QED) is 0.551. The number of hydrogen-bond donors (Lipinski definition) is 2. The molecule has 2 saturated heterocycles. The molecule has 3 heterocycles. The maximum absolute atomic E-state index is 13.0. The van der Waals surface area contributed by atoms with E-state index in [1.807, 2.05) is 36.2 Å². The maximum Gasteiger partial charge on any atom is 0.321 e. The summed E-state index contributed by atoms with van der Waals surface area (Å²) in [7, 11) is 4.17. The molecule has 176 valence electrons. The fourth-order valence-electron chi connectivity index (χ4n) is 6.25. The lowest BCUT2D eigenvalue weighted by atomic mass is 9.97. The van der Waals surface area contributed by atoms with Crippen LogP contribution in [0.3, 0.4) is 0 Å². The molecule has 34 heavy (non-hydrogen) atoms. The topological polar surface area (TPSA) is 60.5 Å². The van der Waals surface area contributed by atoms with Gasteiger partial charge in [-0.05, 0) is 87.0 Å². The van der Waals surface area contributed by atoms with Gasteiger partial charge in [0.15, 0.2) is 0 Å². The van der Waals surface area contributed by atoms with E-state index >= 15 is 0 Å². The number of hydrogen-bond acceptors (Lipinski definition) is 4. The van der Waals surface area contributed by atoms with Crippen LogP contribution in [0.4, 0.5) is 16.3 Å². The Bertz CT molecular complexity index is 1210. The van der Waals surface area contributed by atoms with Gasteiger partial charge in [0.05, 0.1) is 11.6 Å². The number of nitrogens with one attached hydrogen (secondary N) is 2. The molecule has 1 unspecified atom stereocenters. The van der Waals surface area contributed by atoms with E-state index in [0.29, 0.717) is 24.2 Å². The third-order valence-corrected chi connectivity index (χ3v) is 8.34. The largest absolute Gasteiger partial charge is 0.363 e. The third-order valence-electron chi connectivity index (χ3n) is 8.34. The molecule has 2 aromatic carbocycles. The smallest absolute Gasteiger partial charge is 0.321 e. The third kappa shape index (κ3) is 3.90. The molecule has 6 heteroatoms. The van der Waals surface area contributed by atoms with Gasteiger partial charge in [0.25, 0.3) is 0 Å². The molecular formula is C28H33N5O. The van der Waals surface area contributed by atoms with Crippen molar-refractivity contribution in [1.29, 1.82) is 0 Å². The second-order valence-corrected chi connectivity index (χ2v) is 10.3. The van der Waals surface area contributed by atoms with Crippen LogP contribution in [-0.4, -0.2) is 53.0 Å². The summed E-state index contributed by atoms with van der Waals surface area (Å²) < 4.78 is 0. The number of benzene rings is 2. The van der Waals surface area contributed by atoms with E-state index in [1.165, 1.54) is 24.0 Å². The molecule has 2 N–H and O–H groups in total. The predicted octanol–water partition coefficient (Wildman–Crippen LogP) is 5.42. The lowest BCUT2D eigenvalue weighted by Crippen LogP contribution is -2.50. The van der Waals surface area contributed by atoms with Gasteiger partial charge in [-0.15, -0.1) is 0 Å². The first kappa shape index (κ1) is 21.4. The zero-order chi connectivity index (χ0) is 23.2. The number of fused-ring (bicyclic) bond motifs is 4. The summed E-state index contributed by atoms with van der Waals surface area (Å²) >= 11 is 0. The Morgan fingerprint density at radius 1 is 1.03 bits per heavy atom. The molecule has 0 spiro atoms. The Balaban J connectivity index is 1.12. The second-order valence-electron chi connectivity index (χ2n) is 10.3. The summed E-state index contributed by atoms with van der Waals surface area (Å²) in [6, 6.07) is 20.6. The van der Waals surface area contributed by atoms with Crippen LogP contribution in [-0.2, 0) is 6.42 Å². The van der Waals surface area contributed by atoms with Crippen molar-refractivity contribution in [3.63, 3.8) is 0 Å². The number of aromatic nitrogens is 1. The van der Waals surface area contributed by atoms with Crippen molar-refractivity contribution in [2.24, 2.45) is 0 Å². The van der Waals surface area contributed by atoms with Crippen molar-refractivity contribution in [2.45, 2.75) is 62.7 Å². The Hall–Kier alpha value is -3.12. The van der Waals surface area contributed by atoms with Crippen LogP contribution in [0.5, 0.6) is 0 Å². The molecule has 1 aromatic heterocycles. The summed E-state index contributed by atoms with van der Waals surface area (Å²) in [5.74, 6) is 0.891. The monoisotopic (exact) mass is 455 g/mol. The van der Waals surface area contributed by atoms with Crippen molar-refractivity contribution in [1.82, 2.24) is 14.8 Å². The molecule has 4 atom stereocenters. The molecule has 6 nitrogen and oxygen atoms in total. The summed E-state index contributed by atoms with van der Waals surface area (Å²) in [5.41, 5.74) is 4.55.